The fraction of sp³-hybridized carbons (Fsp3) is 0.312. The normalized spacial score (nSPS) is 11.0. The van der Waals surface area contributed by atoms with E-state index in [1.165, 1.54) is 12.1 Å². The molecule has 0 aliphatic carbocycles. The Bertz CT molecular complexity index is 692. The Morgan fingerprint density at radius 2 is 1.48 bits per heavy atom. The van der Waals surface area contributed by atoms with E-state index in [9.17, 15) is 13.0 Å². The van der Waals surface area contributed by atoms with Crippen molar-refractivity contribution in [3.8, 4) is 0 Å². The molecular formula is C16H21NO5S. The second kappa shape index (κ2) is 8.73. The van der Waals surface area contributed by atoms with E-state index in [0.29, 0.717) is 0 Å². The van der Waals surface area contributed by atoms with Gasteiger partial charge in [-0.3, -0.25) is 0 Å². The Morgan fingerprint density at radius 1 is 1.00 bits per heavy atom. The molecule has 0 bridgehead atoms. The highest BCUT2D eigenvalue weighted by Crippen LogP contribution is 2.14. The van der Waals surface area contributed by atoms with E-state index in [1.54, 1.807) is 26.4 Å². The lowest BCUT2D eigenvalue weighted by Gasteiger charge is -2.11. The second-order valence-corrected chi connectivity index (χ2v) is 6.25. The Morgan fingerprint density at radius 3 is 1.87 bits per heavy atom. The number of pyridine rings is 1. The minimum atomic E-state index is -4.27. The summed E-state index contributed by atoms with van der Waals surface area (Å²) in [5.74, 6) is 0. The first kappa shape index (κ1) is 19.2. The number of rotatable bonds is 4. The van der Waals surface area contributed by atoms with Crippen LogP contribution < -0.4 is 4.57 Å². The van der Waals surface area contributed by atoms with Gasteiger partial charge in [0.05, 0.1) is 4.90 Å². The molecule has 0 atom stereocenters. The van der Waals surface area contributed by atoms with E-state index in [-0.39, 0.29) is 11.2 Å². The molecule has 1 aromatic carbocycles. The van der Waals surface area contributed by atoms with Crippen LogP contribution in [0.1, 0.15) is 17.4 Å². The molecule has 0 N–H and O–H groups in total. The predicted octanol–water partition coefficient (Wildman–Crippen LogP) is 1.70. The number of ether oxygens (including phenoxy) is 2. The molecule has 0 fully saturated rings. The average Bonchev–Trinajstić information content (AvgIpc) is 2.50. The highest BCUT2D eigenvalue weighted by molar-refractivity contribution is 7.85. The van der Waals surface area contributed by atoms with E-state index in [2.05, 4.69) is 0 Å². The molecule has 0 aliphatic rings. The molecule has 23 heavy (non-hydrogen) atoms. The van der Waals surface area contributed by atoms with Gasteiger partial charge in [0, 0.05) is 31.9 Å². The van der Waals surface area contributed by atoms with Crippen molar-refractivity contribution in [2.24, 2.45) is 7.05 Å². The summed E-state index contributed by atoms with van der Waals surface area (Å²) in [6, 6.07) is 9.72. The molecule has 0 amide bonds. The van der Waals surface area contributed by atoms with Crippen LogP contribution in [0.3, 0.4) is 0 Å². The topological polar surface area (TPSA) is 79.5 Å². The van der Waals surface area contributed by atoms with Gasteiger partial charge < -0.3 is 14.0 Å². The number of aromatic nitrogens is 1. The number of benzene rings is 1. The third kappa shape index (κ3) is 6.45. The maximum Gasteiger partial charge on any atom is 0.183 e. The largest absolute Gasteiger partial charge is 0.744 e. The maximum absolute atomic E-state index is 10.4. The Labute approximate surface area is 137 Å². The van der Waals surface area contributed by atoms with E-state index < -0.39 is 10.1 Å². The number of methoxy groups -OCH3 is 2. The van der Waals surface area contributed by atoms with Crippen molar-refractivity contribution in [1.29, 1.82) is 0 Å². The van der Waals surface area contributed by atoms with Gasteiger partial charge in [-0.05, 0) is 19.1 Å². The highest BCUT2D eigenvalue weighted by Gasteiger charge is 2.08. The summed E-state index contributed by atoms with van der Waals surface area (Å²) in [7, 11) is 0.953. The van der Waals surface area contributed by atoms with Gasteiger partial charge in [-0.25, -0.2) is 13.0 Å². The van der Waals surface area contributed by atoms with Crippen molar-refractivity contribution in [3.05, 3.63) is 59.9 Å². The Balaban J connectivity index is 0.000000231. The van der Waals surface area contributed by atoms with Gasteiger partial charge in [0.2, 0.25) is 0 Å². The Kier molecular flexibility index (Phi) is 7.31. The first-order valence-electron chi connectivity index (χ1n) is 6.81. The van der Waals surface area contributed by atoms with Crippen LogP contribution in [0.2, 0.25) is 0 Å². The summed E-state index contributed by atoms with van der Waals surface area (Å²) in [4.78, 5) is -0.178. The van der Waals surface area contributed by atoms with Gasteiger partial charge in [-0.2, -0.15) is 0 Å². The van der Waals surface area contributed by atoms with Gasteiger partial charge in [0.1, 0.15) is 17.2 Å². The molecule has 0 unspecified atom stereocenters. The van der Waals surface area contributed by atoms with Crippen molar-refractivity contribution >= 4 is 10.1 Å². The van der Waals surface area contributed by atoms with Crippen LogP contribution in [0.5, 0.6) is 0 Å². The molecular weight excluding hydrogens is 318 g/mol. The van der Waals surface area contributed by atoms with Gasteiger partial charge in [0.25, 0.3) is 0 Å². The van der Waals surface area contributed by atoms with Crippen LogP contribution in [0.4, 0.5) is 0 Å². The fourth-order valence-electron chi connectivity index (χ4n) is 1.74. The number of hydrogen-bond donors (Lipinski definition) is 0. The minimum Gasteiger partial charge on any atom is -0.744 e. The summed E-state index contributed by atoms with van der Waals surface area (Å²) < 4.78 is 43.3. The van der Waals surface area contributed by atoms with Crippen LogP contribution in [0.15, 0.2) is 53.7 Å². The monoisotopic (exact) mass is 339 g/mol. The number of aryl methyl sites for hydroxylation is 2. The lowest BCUT2D eigenvalue weighted by atomic mass is 10.2. The minimum absolute atomic E-state index is 0.178. The zero-order valence-corrected chi connectivity index (χ0v) is 14.4. The van der Waals surface area contributed by atoms with Gasteiger partial charge in [-0.1, -0.05) is 17.7 Å². The molecule has 1 heterocycles. The molecule has 2 aromatic rings. The molecule has 0 radical (unpaired) electrons. The van der Waals surface area contributed by atoms with Crippen molar-refractivity contribution in [2.75, 3.05) is 14.2 Å². The third-order valence-corrected chi connectivity index (χ3v) is 3.86. The van der Waals surface area contributed by atoms with Gasteiger partial charge in [-0.15, -0.1) is 0 Å². The SMILES string of the molecule is COC(OC)c1cc[n+](C)cc1.Cc1ccc(S(=O)(=O)[O-])cc1. The van der Waals surface area contributed by atoms with Crippen LogP contribution in [-0.2, 0) is 26.6 Å². The summed E-state index contributed by atoms with van der Waals surface area (Å²) in [5, 5.41) is 0. The summed E-state index contributed by atoms with van der Waals surface area (Å²) >= 11 is 0. The molecule has 6 nitrogen and oxygen atoms in total. The lowest BCUT2D eigenvalue weighted by molar-refractivity contribution is -0.671. The Hall–Kier alpha value is -1.80. The highest BCUT2D eigenvalue weighted by atomic mass is 32.2. The molecule has 1 aromatic heterocycles. The van der Waals surface area contributed by atoms with Crippen molar-refractivity contribution in [1.82, 2.24) is 0 Å². The maximum atomic E-state index is 10.4. The number of nitrogens with zero attached hydrogens (tertiary/aromatic N) is 1. The van der Waals surface area contributed by atoms with E-state index in [1.807, 2.05) is 43.1 Å². The molecule has 0 aliphatic heterocycles. The first-order chi connectivity index (χ1) is 10.8. The quantitative estimate of drug-likeness (QED) is 0.481. The zero-order valence-electron chi connectivity index (χ0n) is 13.6. The average molecular weight is 339 g/mol. The van der Waals surface area contributed by atoms with Crippen LogP contribution >= 0.6 is 0 Å². The summed E-state index contributed by atoms with van der Waals surface area (Å²) in [6.45, 7) is 1.82. The van der Waals surface area contributed by atoms with Crippen LogP contribution in [0, 0.1) is 6.92 Å². The van der Waals surface area contributed by atoms with Crippen molar-refractivity contribution in [3.63, 3.8) is 0 Å². The third-order valence-electron chi connectivity index (χ3n) is 3.01. The molecule has 0 spiro atoms. The van der Waals surface area contributed by atoms with Crippen LogP contribution in [0.25, 0.3) is 0 Å². The molecule has 0 saturated heterocycles. The molecule has 0 saturated carbocycles. The van der Waals surface area contributed by atoms with E-state index >= 15 is 0 Å². The van der Waals surface area contributed by atoms with E-state index in [0.717, 1.165) is 11.1 Å². The summed E-state index contributed by atoms with van der Waals surface area (Å²) in [5.41, 5.74) is 1.95. The molecule has 2 rings (SSSR count). The fourth-order valence-corrected chi connectivity index (χ4v) is 2.21. The standard InChI is InChI=1S/C9H14NO2.C7H8O3S/c1-10-6-4-8(5-7-10)9(11-2)12-3;1-6-2-4-7(5-3-6)11(8,9)10/h4-7,9H,1-3H3;2-5H,1H3,(H,8,9,10)/q+1;/p-1. The first-order valence-corrected chi connectivity index (χ1v) is 8.22. The summed E-state index contributed by atoms with van der Waals surface area (Å²) in [6.07, 6.45) is 3.66. The van der Waals surface area contributed by atoms with Gasteiger partial charge >= 0.3 is 0 Å². The zero-order chi connectivity index (χ0) is 17.5. The predicted molar refractivity (Wildman–Crippen MR) is 83.5 cm³/mol. The van der Waals surface area contributed by atoms with Crippen LogP contribution in [-0.4, -0.2) is 27.2 Å². The van der Waals surface area contributed by atoms with Crippen molar-refractivity contribution in [2.45, 2.75) is 18.1 Å². The smallest absolute Gasteiger partial charge is 0.183 e. The van der Waals surface area contributed by atoms with Gasteiger partial charge in [0.15, 0.2) is 18.7 Å². The van der Waals surface area contributed by atoms with E-state index in [4.69, 9.17) is 9.47 Å². The second-order valence-electron chi connectivity index (χ2n) is 4.87. The number of hydrogen-bond acceptors (Lipinski definition) is 5. The molecule has 126 valence electrons. The van der Waals surface area contributed by atoms with Crippen molar-refractivity contribution < 1.29 is 27.0 Å². The molecule has 7 heteroatoms. The lowest BCUT2D eigenvalue weighted by Crippen LogP contribution is -2.26.